The van der Waals surface area contributed by atoms with Gasteiger partial charge >= 0.3 is 5.97 Å². The molecule has 0 saturated carbocycles. The van der Waals surface area contributed by atoms with Gasteiger partial charge in [-0.15, -0.1) is 0 Å². The van der Waals surface area contributed by atoms with Crippen LogP contribution in [0.3, 0.4) is 0 Å². The lowest BCUT2D eigenvalue weighted by Crippen LogP contribution is -2.43. The Kier molecular flexibility index (Phi) is 6.10. The molecule has 0 aliphatic carbocycles. The molecule has 0 spiro atoms. The monoisotopic (exact) mass is 322 g/mol. The van der Waals surface area contributed by atoms with Crippen LogP contribution in [0.15, 0.2) is 24.3 Å². The quantitative estimate of drug-likeness (QED) is 0.870. The highest BCUT2D eigenvalue weighted by Crippen LogP contribution is 2.20. The molecule has 1 aromatic carbocycles. The lowest BCUT2D eigenvalue weighted by molar-refractivity contribution is -0.139. The van der Waals surface area contributed by atoms with Gasteiger partial charge in [0.1, 0.15) is 5.82 Å². The minimum absolute atomic E-state index is 0.00445. The van der Waals surface area contributed by atoms with Crippen LogP contribution in [-0.2, 0) is 16.1 Å². The Balaban J connectivity index is 1.89. The minimum atomic E-state index is -0.902. The largest absolute Gasteiger partial charge is 0.481 e. The Morgan fingerprint density at radius 3 is 2.91 bits per heavy atom. The van der Waals surface area contributed by atoms with Gasteiger partial charge in [-0.3, -0.25) is 14.5 Å². The number of carbonyl (C=O) groups excluding carboxylic acids is 1. The van der Waals surface area contributed by atoms with Gasteiger partial charge in [0, 0.05) is 26.7 Å². The summed E-state index contributed by atoms with van der Waals surface area (Å²) in [5, 5.41) is 8.71. The van der Waals surface area contributed by atoms with Crippen LogP contribution in [0.25, 0.3) is 0 Å². The smallest absolute Gasteiger partial charge is 0.305 e. The van der Waals surface area contributed by atoms with Crippen LogP contribution < -0.4 is 0 Å². The molecule has 6 heteroatoms. The van der Waals surface area contributed by atoms with Crippen LogP contribution >= 0.6 is 0 Å². The van der Waals surface area contributed by atoms with Crippen LogP contribution in [0.5, 0.6) is 0 Å². The van der Waals surface area contributed by atoms with E-state index in [-0.39, 0.29) is 30.6 Å². The van der Waals surface area contributed by atoms with Gasteiger partial charge < -0.3 is 10.0 Å². The average Bonchev–Trinajstić information content (AvgIpc) is 2.52. The third-order valence-electron chi connectivity index (χ3n) is 4.19. The standard InChI is InChI=1S/C17H23FN2O3/c1-19(9-7-16(21)22)17(23)14-5-3-8-20(12-14)11-13-4-2-6-15(18)10-13/h2,4,6,10,14H,3,5,7-9,11-12H2,1H3,(H,21,22). The van der Waals surface area contributed by atoms with Gasteiger partial charge in [-0.1, -0.05) is 12.1 Å². The van der Waals surface area contributed by atoms with Crippen molar-refractivity contribution in [2.75, 3.05) is 26.7 Å². The molecule has 1 amide bonds. The van der Waals surface area contributed by atoms with Crippen molar-refractivity contribution in [3.05, 3.63) is 35.6 Å². The molecule has 1 N–H and O–H groups in total. The Labute approximate surface area is 135 Å². The van der Waals surface area contributed by atoms with E-state index in [0.29, 0.717) is 13.1 Å². The summed E-state index contributed by atoms with van der Waals surface area (Å²) in [4.78, 5) is 26.7. The molecule has 0 radical (unpaired) electrons. The number of nitrogens with zero attached hydrogens (tertiary/aromatic N) is 2. The summed E-state index contributed by atoms with van der Waals surface area (Å²) in [5.41, 5.74) is 0.900. The Bertz CT molecular complexity index is 565. The molecule has 1 atom stereocenters. The minimum Gasteiger partial charge on any atom is -0.481 e. The van der Waals surface area contributed by atoms with Crippen molar-refractivity contribution >= 4 is 11.9 Å². The number of hydrogen-bond acceptors (Lipinski definition) is 3. The number of aliphatic carboxylic acids is 1. The molecule has 1 heterocycles. The fraction of sp³-hybridized carbons (Fsp3) is 0.529. The van der Waals surface area contributed by atoms with Gasteiger partial charge in [0.25, 0.3) is 0 Å². The molecule has 126 valence electrons. The van der Waals surface area contributed by atoms with Crippen molar-refractivity contribution in [3.8, 4) is 0 Å². The van der Waals surface area contributed by atoms with Crippen LogP contribution in [-0.4, -0.2) is 53.5 Å². The summed E-state index contributed by atoms with van der Waals surface area (Å²) in [5.74, 6) is -1.27. The first kappa shape index (κ1) is 17.4. The number of carboxylic acid groups (broad SMARTS) is 1. The number of benzene rings is 1. The summed E-state index contributed by atoms with van der Waals surface area (Å²) in [6.07, 6.45) is 1.69. The zero-order chi connectivity index (χ0) is 16.8. The van der Waals surface area contributed by atoms with Gasteiger partial charge in [0.15, 0.2) is 0 Å². The number of carbonyl (C=O) groups is 2. The highest BCUT2D eigenvalue weighted by molar-refractivity contribution is 5.79. The fourth-order valence-electron chi connectivity index (χ4n) is 2.98. The summed E-state index contributed by atoms with van der Waals surface area (Å²) < 4.78 is 13.3. The number of likely N-dealkylation sites (tertiary alicyclic amines) is 1. The number of halogens is 1. The number of rotatable bonds is 6. The van der Waals surface area contributed by atoms with Gasteiger partial charge in [0.2, 0.25) is 5.91 Å². The van der Waals surface area contributed by atoms with Crippen LogP contribution in [0.2, 0.25) is 0 Å². The van der Waals surface area contributed by atoms with E-state index in [1.165, 1.54) is 17.0 Å². The zero-order valence-electron chi connectivity index (χ0n) is 13.4. The maximum Gasteiger partial charge on any atom is 0.305 e. The molecule has 1 fully saturated rings. The molecule has 2 rings (SSSR count). The van der Waals surface area contributed by atoms with Gasteiger partial charge in [-0.05, 0) is 37.1 Å². The van der Waals surface area contributed by atoms with E-state index in [0.717, 1.165) is 24.9 Å². The maximum absolute atomic E-state index is 13.3. The first-order chi connectivity index (χ1) is 11.0. The normalized spacial score (nSPS) is 18.6. The van der Waals surface area contributed by atoms with E-state index >= 15 is 0 Å². The summed E-state index contributed by atoms with van der Waals surface area (Å²) >= 11 is 0. The molecular formula is C17H23FN2O3. The van der Waals surface area contributed by atoms with Gasteiger partial charge in [0.05, 0.1) is 12.3 Å². The van der Waals surface area contributed by atoms with Crippen molar-refractivity contribution in [3.63, 3.8) is 0 Å². The summed E-state index contributed by atoms with van der Waals surface area (Å²) in [7, 11) is 1.65. The lowest BCUT2D eigenvalue weighted by atomic mass is 9.96. The van der Waals surface area contributed by atoms with Gasteiger partial charge in [-0.25, -0.2) is 4.39 Å². The van der Waals surface area contributed by atoms with E-state index < -0.39 is 5.97 Å². The number of hydrogen-bond donors (Lipinski definition) is 1. The van der Waals surface area contributed by atoms with Crippen molar-refractivity contribution in [1.29, 1.82) is 0 Å². The summed E-state index contributed by atoms with van der Waals surface area (Å²) in [6, 6.07) is 6.51. The first-order valence-corrected chi connectivity index (χ1v) is 7.89. The van der Waals surface area contributed by atoms with Crippen LogP contribution in [0.1, 0.15) is 24.8 Å². The van der Waals surface area contributed by atoms with E-state index in [1.807, 2.05) is 6.07 Å². The Morgan fingerprint density at radius 2 is 2.22 bits per heavy atom. The molecule has 1 unspecified atom stereocenters. The SMILES string of the molecule is CN(CCC(=O)O)C(=O)C1CCCN(Cc2cccc(F)c2)C1. The van der Waals surface area contributed by atoms with Crippen LogP contribution in [0.4, 0.5) is 4.39 Å². The van der Waals surface area contributed by atoms with Crippen molar-refractivity contribution < 1.29 is 19.1 Å². The van der Waals surface area contributed by atoms with Crippen molar-refractivity contribution in [2.45, 2.75) is 25.8 Å². The first-order valence-electron chi connectivity index (χ1n) is 7.89. The Morgan fingerprint density at radius 1 is 1.43 bits per heavy atom. The summed E-state index contributed by atoms with van der Waals surface area (Å²) in [6.45, 7) is 2.38. The number of piperidine rings is 1. The van der Waals surface area contributed by atoms with Crippen molar-refractivity contribution in [2.24, 2.45) is 5.92 Å². The molecular weight excluding hydrogens is 299 g/mol. The van der Waals surface area contributed by atoms with E-state index in [2.05, 4.69) is 4.90 Å². The predicted molar refractivity (Wildman–Crippen MR) is 84.3 cm³/mol. The topological polar surface area (TPSA) is 60.9 Å². The van der Waals surface area contributed by atoms with Crippen LogP contribution in [0, 0.1) is 11.7 Å². The maximum atomic E-state index is 13.3. The third-order valence-corrected chi connectivity index (χ3v) is 4.19. The molecule has 1 aromatic rings. The lowest BCUT2D eigenvalue weighted by Gasteiger charge is -2.34. The molecule has 0 aromatic heterocycles. The highest BCUT2D eigenvalue weighted by atomic mass is 19.1. The second kappa shape index (κ2) is 8.06. The molecule has 1 aliphatic rings. The van der Waals surface area contributed by atoms with E-state index in [9.17, 15) is 14.0 Å². The number of carboxylic acids is 1. The van der Waals surface area contributed by atoms with E-state index in [4.69, 9.17) is 5.11 Å². The molecule has 1 saturated heterocycles. The Hall–Kier alpha value is -1.95. The molecule has 1 aliphatic heterocycles. The fourth-order valence-corrected chi connectivity index (χ4v) is 2.98. The predicted octanol–water partition coefficient (Wildman–Crippen LogP) is 1.97. The zero-order valence-corrected chi connectivity index (χ0v) is 13.4. The average molecular weight is 322 g/mol. The number of amides is 1. The second-order valence-corrected chi connectivity index (χ2v) is 6.11. The van der Waals surface area contributed by atoms with Crippen molar-refractivity contribution in [1.82, 2.24) is 9.80 Å². The van der Waals surface area contributed by atoms with Gasteiger partial charge in [-0.2, -0.15) is 0 Å². The second-order valence-electron chi connectivity index (χ2n) is 6.11. The molecule has 23 heavy (non-hydrogen) atoms. The molecule has 0 bridgehead atoms. The third kappa shape index (κ3) is 5.32. The highest BCUT2D eigenvalue weighted by Gasteiger charge is 2.28. The molecule has 5 nitrogen and oxygen atoms in total. The van der Waals surface area contributed by atoms with E-state index in [1.54, 1.807) is 13.1 Å².